The molecule has 116 valence electrons. The molecule has 0 aliphatic carbocycles. The maximum Gasteiger partial charge on any atom is 0.237 e. The molecule has 1 aromatic rings. The van der Waals surface area contributed by atoms with Crippen LogP contribution < -0.4 is 20.1 Å². The summed E-state index contributed by atoms with van der Waals surface area (Å²) in [6.45, 7) is 6.45. The second-order valence-electron chi connectivity index (χ2n) is 5.65. The van der Waals surface area contributed by atoms with E-state index in [-0.39, 0.29) is 24.0 Å². The van der Waals surface area contributed by atoms with Gasteiger partial charge in [0.2, 0.25) is 5.91 Å². The van der Waals surface area contributed by atoms with Gasteiger partial charge < -0.3 is 14.8 Å². The number of nitrogens with one attached hydrogen (secondary N) is 2. The molecule has 0 saturated carbocycles. The first-order valence-electron chi connectivity index (χ1n) is 7.38. The van der Waals surface area contributed by atoms with Crippen LogP contribution in [0.15, 0.2) is 18.2 Å². The number of methoxy groups -OCH3 is 1. The summed E-state index contributed by atoms with van der Waals surface area (Å²) < 4.78 is 10.9. The molecule has 5 nitrogen and oxygen atoms in total. The number of benzene rings is 1. The van der Waals surface area contributed by atoms with Gasteiger partial charge in [-0.2, -0.15) is 0 Å². The van der Waals surface area contributed by atoms with E-state index in [2.05, 4.69) is 10.6 Å². The standard InChI is InChI=1S/C16H24N2O3/c1-10(2)17-16(19)11(3)18-14-7-8-21-15-6-5-12(20-4)9-13(14)15/h5-6,9-11,14,18H,7-8H2,1-4H3,(H,17,19). The predicted octanol–water partition coefficient (Wildman–Crippen LogP) is 2.02. The van der Waals surface area contributed by atoms with Crippen molar-refractivity contribution < 1.29 is 14.3 Å². The number of carbonyl (C=O) groups is 1. The summed E-state index contributed by atoms with van der Waals surface area (Å²) in [4.78, 5) is 12.0. The second-order valence-corrected chi connectivity index (χ2v) is 5.65. The van der Waals surface area contributed by atoms with E-state index in [1.807, 2.05) is 39.0 Å². The van der Waals surface area contributed by atoms with Crippen molar-refractivity contribution in [1.82, 2.24) is 10.6 Å². The van der Waals surface area contributed by atoms with Crippen LogP contribution in [-0.4, -0.2) is 31.7 Å². The molecule has 1 aromatic carbocycles. The fraction of sp³-hybridized carbons (Fsp3) is 0.562. The molecule has 0 fully saturated rings. The Hall–Kier alpha value is -1.75. The largest absolute Gasteiger partial charge is 0.497 e. The lowest BCUT2D eigenvalue weighted by Gasteiger charge is -2.29. The van der Waals surface area contributed by atoms with Crippen molar-refractivity contribution in [2.75, 3.05) is 13.7 Å². The molecular formula is C16H24N2O3. The van der Waals surface area contributed by atoms with Crippen molar-refractivity contribution in [2.45, 2.75) is 45.3 Å². The highest BCUT2D eigenvalue weighted by Crippen LogP contribution is 2.34. The lowest BCUT2D eigenvalue weighted by atomic mass is 9.99. The number of carbonyl (C=O) groups excluding carboxylic acids is 1. The van der Waals surface area contributed by atoms with E-state index in [9.17, 15) is 4.79 Å². The Kier molecular flexibility index (Phi) is 5.07. The van der Waals surface area contributed by atoms with Crippen LogP contribution >= 0.6 is 0 Å². The maximum atomic E-state index is 12.0. The van der Waals surface area contributed by atoms with Crippen LogP contribution in [0.3, 0.4) is 0 Å². The zero-order valence-corrected chi connectivity index (χ0v) is 13.1. The Labute approximate surface area is 126 Å². The van der Waals surface area contributed by atoms with Gasteiger partial charge in [0.1, 0.15) is 11.5 Å². The first-order chi connectivity index (χ1) is 10.0. The van der Waals surface area contributed by atoms with Crippen LogP contribution in [0.5, 0.6) is 11.5 Å². The van der Waals surface area contributed by atoms with E-state index in [0.717, 1.165) is 23.5 Å². The Morgan fingerprint density at radius 1 is 1.38 bits per heavy atom. The summed E-state index contributed by atoms with van der Waals surface area (Å²) in [6.07, 6.45) is 0.833. The van der Waals surface area contributed by atoms with Crippen molar-refractivity contribution in [2.24, 2.45) is 0 Å². The average molecular weight is 292 g/mol. The van der Waals surface area contributed by atoms with Crippen LogP contribution in [-0.2, 0) is 4.79 Å². The fourth-order valence-corrected chi connectivity index (χ4v) is 2.46. The van der Waals surface area contributed by atoms with Gasteiger partial charge in [0.05, 0.1) is 19.8 Å². The number of ether oxygens (including phenoxy) is 2. The lowest BCUT2D eigenvalue weighted by molar-refractivity contribution is -0.123. The molecular weight excluding hydrogens is 268 g/mol. The van der Waals surface area contributed by atoms with Crippen molar-refractivity contribution in [3.63, 3.8) is 0 Å². The van der Waals surface area contributed by atoms with Gasteiger partial charge in [0.25, 0.3) is 0 Å². The van der Waals surface area contributed by atoms with E-state index in [0.29, 0.717) is 6.61 Å². The van der Waals surface area contributed by atoms with Crippen LogP contribution in [0.25, 0.3) is 0 Å². The number of rotatable bonds is 5. The molecule has 1 heterocycles. The van der Waals surface area contributed by atoms with Gasteiger partial charge in [0.15, 0.2) is 0 Å². The van der Waals surface area contributed by atoms with Crippen LogP contribution in [0.1, 0.15) is 38.8 Å². The van der Waals surface area contributed by atoms with Crippen molar-refractivity contribution in [1.29, 1.82) is 0 Å². The molecule has 0 bridgehead atoms. The number of fused-ring (bicyclic) bond motifs is 1. The molecule has 2 rings (SSSR count). The molecule has 1 aliphatic rings. The van der Waals surface area contributed by atoms with Crippen LogP contribution in [0.4, 0.5) is 0 Å². The molecule has 2 unspecified atom stereocenters. The smallest absolute Gasteiger partial charge is 0.237 e. The molecule has 1 aliphatic heterocycles. The van der Waals surface area contributed by atoms with E-state index >= 15 is 0 Å². The topological polar surface area (TPSA) is 59.6 Å². The van der Waals surface area contributed by atoms with Gasteiger partial charge in [-0.05, 0) is 39.0 Å². The Balaban J connectivity index is 2.10. The van der Waals surface area contributed by atoms with Gasteiger partial charge >= 0.3 is 0 Å². The van der Waals surface area contributed by atoms with E-state index < -0.39 is 0 Å². The SMILES string of the molecule is COc1ccc2c(c1)C(NC(C)C(=O)NC(C)C)CCO2. The van der Waals surface area contributed by atoms with Gasteiger partial charge in [-0.3, -0.25) is 10.1 Å². The first-order valence-corrected chi connectivity index (χ1v) is 7.38. The zero-order chi connectivity index (χ0) is 15.4. The van der Waals surface area contributed by atoms with Crippen LogP contribution in [0, 0.1) is 0 Å². The summed E-state index contributed by atoms with van der Waals surface area (Å²) in [7, 11) is 1.65. The highest BCUT2D eigenvalue weighted by molar-refractivity contribution is 5.81. The first kappa shape index (κ1) is 15.6. The van der Waals surface area contributed by atoms with Crippen molar-refractivity contribution >= 4 is 5.91 Å². The number of hydrogen-bond acceptors (Lipinski definition) is 4. The second kappa shape index (κ2) is 6.80. The number of amides is 1. The molecule has 2 N–H and O–H groups in total. The van der Waals surface area contributed by atoms with E-state index in [4.69, 9.17) is 9.47 Å². The molecule has 1 amide bonds. The maximum absolute atomic E-state index is 12.0. The summed E-state index contributed by atoms with van der Waals surface area (Å²) in [5, 5.41) is 6.31. The quantitative estimate of drug-likeness (QED) is 0.871. The molecule has 0 spiro atoms. The minimum Gasteiger partial charge on any atom is -0.497 e. The number of hydrogen-bond donors (Lipinski definition) is 2. The summed E-state index contributed by atoms with van der Waals surface area (Å²) >= 11 is 0. The van der Waals surface area contributed by atoms with Gasteiger partial charge in [0, 0.05) is 24.1 Å². The fourth-order valence-electron chi connectivity index (χ4n) is 2.46. The zero-order valence-electron chi connectivity index (χ0n) is 13.1. The predicted molar refractivity (Wildman–Crippen MR) is 81.7 cm³/mol. The minimum atomic E-state index is -0.255. The van der Waals surface area contributed by atoms with Gasteiger partial charge in [-0.25, -0.2) is 0 Å². The Bertz CT molecular complexity index is 502. The summed E-state index contributed by atoms with van der Waals surface area (Å²) in [5.41, 5.74) is 1.05. The van der Waals surface area contributed by atoms with Gasteiger partial charge in [-0.1, -0.05) is 0 Å². The summed E-state index contributed by atoms with van der Waals surface area (Å²) in [5.74, 6) is 1.67. The third-order valence-electron chi connectivity index (χ3n) is 3.53. The third kappa shape index (κ3) is 3.88. The molecule has 5 heteroatoms. The Morgan fingerprint density at radius 2 is 2.14 bits per heavy atom. The monoisotopic (exact) mass is 292 g/mol. The third-order valence-corrected chi connectivity index (χ3v) is 3.53. The highest BCUT2D eigenvalue weighted by atomic mass is 16.5. The van der Waals surface area contributed by atoms with Crippen molar-refractivity contribution in [3.8, 4) is 11.5 Å². The molecule has 0 radical (unpaired) electrons. The minimum absolute atomic E-state index is 0.0148. The van der Waals surface area contributed by atoms with E-state index in [1.165, 1.54) is 0 Å². The lowest BCUT2D eigenvalue weighted by Crippen LogP contribution is -2.46. The molecule has 0 saturated heterocycles. The highest BCUT2D eigenvalue weighted by Gasteiger charge is 2.25. The average Bonchev–Trinajstić information content (AvgIpc) is 2.46. The van der Waals surface area contributed by atoms with Crippen molar-refractivity contribution in [3.05, 3.63) is 23.8 Å². The molecule has 2 atom stereocenters. The molecule has 21 heavy (non-hydrogen) atoms. The van der Waals surface area contributed by atoms with Crippen LogP contribution in [0.2, 0.25) is 0 Å². The summed E-state index contributed by atoms with van der Waals surface area (Å²) in [6, 6.07) is 5.76. The Morgan fingerprint density at radius 3 is 2.81 bits per heavy atom. The normalized spacial score (nSPS) is 18.6. The van der Waals surface area contributed by atoms with E-state index in [1.54, 1.807) is 7.11 Å². The molecule has 0 aromatic heterocycles. The van der Waals surface area contributed by atoms with Gasteiger partial charge in [-0.15, -0.1) is 0 Å².